The molecule has 20 heavy (non-hydrogen) atoms. The Bertz CT molecular complexity index is 548. The molecule has 0 saturated carbocycles. The molecule has 1 rings (SSSR count). The lowest BCUT2D eigenvalue weighted by molar-refractivity contribution is -0.121. The van der Waals surface area contributed by atoms with Crippen LogP contribution in [0.25, 0.3) is 0 Å². The standard InChI is InChI=1S/C14H19ClN2O2S/c1-5-14(3,12(16)20)13(18)17-10-6-8(2)9(15)7-11(10)19-4/h6-7H,5H2,1-4H3,(H2,16,20)(H,17,18). The molecule has 110 valence electrons. The Kier molecular flexibility index (Phi) is 5.36. The van der Waals surface area contributed by atoms with E-state index in [0.717, 1.165) is 5.56 Å². The summed E-state index contributed by atoms with van der Waals surface area (Å²) >= 11 is 11.0. The molecular weight excluding hydrogens is 296 g/mol. The van der Waals surface area contributed by atoms with Crippen LogP contribution in [0.2, 0.25) is 5.02 Å². The number of aryl methyl sites for hydroxylation is 1. The van der Waals surface area contributed by atoms with Crippen molar-refractivity contribution in [3.63, 3.8) is 0 Å². The molecule has 0 aromatic heterocycles. The van der Waals surface area contributed by atoms with Gasteiger partial charge in [0.1, 0.15) is 5.75 Å². The predicted octanol–water partition coefficient (Wildman–Crippen LogP) is 3.30. The first-order chi connectivity index (χ1) is 9.26. The Morgan fingerprint density at radius 3 is 2.60 bits per heavy atom. The molecule has 0 radical (unpaired) electrons. The van der Waals surface area contributed by atoms with Gasteiger partial charge in [0.2, 0.25) is 5.91 Å². The number of amides is 1. The molecule has 0 bridgehead atoms. The van der Waals surface area contributed by atoms with Crippen molar-refractivity contribution in [2.45, 2.75) is 27.2 Å². The molecule has 6 heteroatoms. The molecule has 1 atom stereocenters. The number of ether oxygens (including phenoxy) is 1. The van der Waals surface area contributed by atoms with Gasteiger partial charge in [0, 0.05) is 11.1 Å². The molecule has 0 spiro atoms. The van der Waals surface area contributed by atoms with Gasteiger partial charge in [-0.25, -0.2) is 0 Å². The number of benzene rings is 1. The predicted molar refractivity (Wildman–Crippen MR) is 86.6 cm³/mol. The summed E-state index contributed by atoms with van der Waals surface area (Å²) in [5.41, 5.74) is 6.18. The van der Waals surface area contributed by atoms with Gasteiger partial charge in [-0.2, -0.15) is 0 Å². The van der Waals surface area contributed by atoms with E-state index in [1.165, 1.54) is 7.11 Å². The maximum atomic E-state index is 12.4. The second-order valence-corrected chi connectivity index (χ2v) is 5.65. The molecule has 3 N–H and O–H groups in total. The summed E-state index contributed by atoms with van der Waals surface area (Å²) < 4.78 is 5.23. The highest BCUT2D eigenvalue weighted by atomic mass is 35.5. The minimum atomic E-state index is -0.895. The van der Waals surface area contributed by atoms with Crippen molar-refractivity contribution in [1.29, 1.82) is 0 Å². The molecule has 0 fully saturated rings. The van der Waals surface area contributed by atoms with Crippen LogP contribution in [0.15, 0.2) is 12.1 Å². The van der Waals surface area contributed by atoms with Gasteiger partial charge in [0.15, 0.2) is 0 Å². The minimum Gasteiger partial charge on any atom is -0.495 e. The number of anilines is 1. The molecule has 0 aliphatic heterocycles. The Labute approximate surface area is 129 Å². The summed E-state index contributed by atoms with van der Waals surface area (Å²) in [4.78, 5) is 12.6. The number of hydrogen-bond donors (Lipinski definition) is 2. The Hall–Kier alpha value is -1.33. The van der Waals surface area contributed by atoms with Crippen LogP contribution in [-0.2, 0) is 4.79 Å². The van der Waals surface area contributed by atoms with Gasteiger partial charge in [0.25, 0.3) is 0 Å². The fraction of sp³-hybridized carbons (Fsp3) is 0.429. The monoisotopic (exact) mass is 314 g/mol. The first-order valence-corrected chi connectivity index (χ1v) is 7.00. The van der Waals surface area contributed by atoms with Gasteiger partial charge >= 0.3 is 0 Å². The number of nitrogens with one attached hydrogen (secondary N) is 1. The average Bonchev–Trinajstić information content (AvgIpc) is 2.41. The summed E-state index contributed by atoms with van der Waals surface area (Å²) in [7, 11) is 1.52. The quantitative estimate of drug-likeness (QED) is 0.818. The summed E-state index contributed by atoms with van der Waals surface area (Å²) in [6.07, 6.45) is 0.517. The number of rotatable bonds is 5. The maximum Gasteiger partial charge on any atom is 0.237 e. The van der Waals surface area contributed by atoms with Crippen molar-refractivity contribution in [3.8, 4) is 5.75 Å². The third-order valence-electron chi connectivity index (χ3n) is 3.48. The van der Waals surface area contributed by atoms with Crippen molar-refractivity contribution in [1.82, 2.24) is 0 Å². The summed E-state index contributed by atoms with van der Waals surface area (Å²) in [6, 6.07) is 3.42. The number of methoxy groups -OCH3 is 1. The van der Waals surface area contributed by atoms with Gasteiger partial charge in [0.05, 0.1) is 23.2 Å². The van der Waals surface area contributed by atoms with Gasteiger partial charge < -0.3 is 15.8 Å². The zero-order valence-electron chi connectivity index (χ0n) is 12.0. The molecule has 0 aliphatic carbocycles. The second kappa shape index (κ2) is 6.41. The first-order valence-electron chi connectivity index (χ1n) is 6.21. The molecule has 0 heterocycles. The third kappa shape index (κ3) is 3.22. The largest absolute Gasteiger partial charge is 0.495 e. The molecular formula is C14H19ClN2O2S. The zero-order valence-corrected chi connectivity index (χ0v) is 13.6. The molecule has 1 aromatic carbocycles. The van der Waals surface area contributed by atoms with Crippen LogP contribution in [-0.4, -0.2) is 18.0 Å². The van der Waals surface area contributed by atoms with Crippen LogP contribution >= 0.6 is 23.8 Å². The van der Waals surface area contributed by atoms with Crippen molar-refractivity contribution in [2.24, 2.45) is 11.1 Å². The smallest absolute Gasteiger partial charge is 0.237 e. The number of carbonyl (C=O) groups is 1. The average molecular weight is 315 g/mol. The molecule has 0 aliphatic rings. The maximum absolute atomic E-state index is 12.4. The van der Waals surface area contributed by atoms with Gasteiger partial charge in [-0.1, -0.05) is 30.7 Å². The van der Waals surface area contributed by atoms with E-state index in [-0.39, 0.29) is 10.9 Å². The lowest BCUT2D eigenvalue weighted by Gasteiger charge is -2.26. The van der Waals surface area contributed by atoms with Gasteiger partial charge in [-0.3, -0.25) is 4.79 Å². The van der Waals surface area contributed by atoms with E-state index in [9.17, 15) is 4.79 Å². The lowest BCUT2D eigenvalue weighted by Crippen LogP contribution is -2.43. The molecule has 1 unspecified atom stereocenters. The van der Waals surface area contributed by atoms with E-state index >= 15 is 0 Å². The highest BCUT2D eigenvalue weighted by molar-refractivity contribution is 7.80. The van der Waals surface area contributed by atoms with Crippen LogP contribution < -0.4 is 15.8 Å². The Morgan fingerprint density at radius 1 is 1.55 bits per heavy atom. The van der Waals surface area contributed by atoms with Crippen LogP contribution in [0.4, 0.5) is 5.69 Å². The fourth-order valence-corrected chi connectivity index (χ4v) is 2.03. The third-order valence-corrected chi connectivity index (χ3v) is 4.34. The topological polar surface area (TPSA) is 64.3 Å². The Morgan fingerprint density at radius 2 is 2.15 bits per heavy atom. The number of nitrogens with two attached hydrogens (primary N) is 1. The van der Waals surface area contributed by atoms with Crippen LogP contribution in [0.5, 0.6) is 5.75 Å². The van der Waals surface area contributed by atoms with E-state index in [4.69, 9.17) is 34.3 Å². The second-order valence-electron chi connectivity index (χ2n) is 4.81. The lowest BCUT2D eigenvalue weighted by atomic mass is 9.86. The van der Waals surface area contributed by atoms with Crippen LogP contribution in [0.3, 0.4) is 0 Å². The highest BCUT2D eigenvalue weighted by Crippen LogP contribution is 2.33. The Balaban J connectivity index is 3.13. The van der Waals surface area contributed by atoms with Crippen molar-refractivity contribution >= 4 is 40.4 Å². The summed E-state index contributed by atoms with van der Waals surface area (Å²) in [5.74, 6) is 0.239. The van der Waals surface area contributed by atoms with Crippen molar-refractivity contribution in [3.05, 3.63) is 22.7 Å². The molecule has 1 amide bonds. The SMILES string of the molecule is CCC(C)(C(=O)Nc1cc(C)c(Cl)cc1OC)C(N)=S. The molecule has 4 nitrogen and oxygen atoms in total. The summed E-state index contributed by atoms with van der Waals surface area (Å²) in [5, 5.41) is 3.39. The van der Waals surface area contributed by atoms with Crippen LogP contribution in [0.1, 0.15) is 25.8 Å². The minimum absolute atomic E-state index is 0.169. The number of carbonyl (C=O) groups excluding carboxylic acids is 1. The van der Waals surface area contributed by atoms with E-state index in [1.54, 1.807) is 19.1 Å². The van der Waals surface area contributed by atoms with Crippen molar-refractivity contribution in [2.75, 3.05) is 12.4 Å². The van der Waals surface area contributed by atoms with Crippen molar-refractivity contribution < 1.29 is 9.53 Å². The first kappa shape index (κ1) is 16.7. The fourth-order valence-electron chi connectivity index (χ4n) is 1.64. The molecule has 1 aromatic rings. The van der Waals surface area contributed by atoms with E-state index < -0.39 is 5.41 Å². The van der Waals surface area contributed by atoms with Crippen LogP contribution in [0, 0.1) is 12.3 Å². The van der Waals surface area contributed by atoms with Gasteiger partial charge in [-0.05, 0) is 31.9 Å². The summed E-state index contributed by atoms with van der Waals surface area (Å²) in [6.45, 7) is 5.44. The van der Waals surface area contributed by atoms with E-state index in [2.05, 4.69) is 5.32 Å². The normalized spacial score (nSPS) is 13.4. The van der Waals surface area contributed by atoms with E-state index in [0.29, 0.717) is 22.9 Å². The zero-order chi connectivity index (χ0) is 15.5. The highest BCUT2D eigenvalue weighted by Gasteiger charge is 2.35. The number of hydrogen-bond acceptors (Lipinski definition) is 3. The van der Waals surface area contributed by atoms with Gasteiger partial charge in [-0.15, -0.1) is 0 Å². The molecule has 0 saturated heterocycles. The number of thiocarbonyl (C=S) groups is 1. The number of halogens is 1. The van der Waals surface area contributed by atoms with E-state index in [1.807, 2.05) is 13.8 Å².